The van der Waals surface area contributed by atoms with Crippen LogP contribution in [0.2, 0.25) is 0 Å². The average molecular weight is 539 g/mol. The molecular formula is C28H34N4O5S. The second-order valence-corrected chi connectivity index (χ2v) is 10.2. The van der Waals surface area contributed by atoms with E-state index in [1.54, 1.807) is 24.1 Å². The molecule has 0 radical (unpaired) electrons. The number of carbonyl (C=O) groups is 2. The number of carboxylic acids is 1. The predicted octanol–water partition coefficient (Wildman–Crippen LogP) is 4.84. The summed E-state index contributed by atoms with van der Waals surface area (Å²) in [4.78, 5) is 28.4. The molecule has 0 aliphatic carbocycles. The van der Waals surface area contributed by atoms with Crippen LogP contribution in [0.15, 0.2) is 48.5 Å². The number of likely N-dealkylation sites (tertiary alicyclic amines) is 1. The molecule has 202 valence electrons. The van der Waals surface area contributed by atoms with Crippen LogP contribution >= 0.6 is 11.3 Å². The number of piperidine rings is 1. The van der Waals surface area contributed by atoms with Gasteiger partial charge in [0.05, 0.1) is 18.6 Å². The van der Waals surface area contributed by atoms with Crippen molar-refractivity contribution >= 4 is 28.3 Å². The number of nitrogens with zero attached hydrogens (tertiary/aromatic N) is 4. The van der Waals surface area contributed by atoms with Crippen molar-refractivity contribution in [1.29, 1.82) is 0 Å². The Morgan fingerprint density at radius 2 is 1.84 bits per heavy atom. The van der Waals surface area contributed by atoms with Crippen molar-refractivity contribution in [3.05, 3.63) is 54.1 Å². The van der Waals surface area contributed by atoms with Gasteiger partial charge in [-0.3, -0.25) is 19.4 Å². The van der Waals surface area contributed by atoms with Gasteiger partial charge in [-0.15, -0.1) is 10.2 Å². The van der Waals surface area contributed by atoms with Crippen molar-refractivity contribution in [2.45, 2.75) is 32.6 Å². The van der Waals surface area contributed by atoms with Crippen LogP contribution in [0.1, 0.15) is 43.0 Å². The smallest absolute Gasteiger partial charge is 0.306 e. The maximum Gasteiger partial charge on any atom is 0.306 e. The van der Waals surface area contributed by atoms with Gasteiger partial charge in [-0.1, -0.05) is 36.8 Å². The van der Waals surface area contributed by atoms with Crippen LogP contribution in [0.25, 0.3) is 10.6 Å². The zero-order valence-corrected chi connectivity index (χ0v) is 22.7. The molecule has 1 amide bonds. The number of anilines is 1. The highest BCUT2D eigenvalue weighted by atomic mass is 32.1. The molecule has 0 saturated carbocycles. The summed E-state index contributed by atoms with van der Waals surface area (Å²) in [6, 6.07) is 14.9. The Morgan fingerprint density at radius 1 is 1.11 bits per heavy atom. The third-order valence-corrected chi connectivity index (χ3v) is 7.67. The lowest BCUT2D eigenvalue weighted by Crippen LogP contribution is -2.38. The number of hydrogen-bond donors (Lipinski definition) is 1. The van der Waals surface area contributed by atoms with Gasteiger partial charge in [0.25, 0.3) is 5.91 Å². The van der Waals surface area contributed by atoms with Gasteiger partial charge in [0.15, 0.2) is 0 Å². The first-order valence-electron chi connectivity index (χ1n) is 13.0. The average Bonchev–Trinajstić information content (AvgIpc) is 3.43. The molecule has 2 aromatic carbocycles. The van der Waals surface area contributed by atoms with E-state index < -0.39 is 5.97 Å². The van der Waals surface area contributed by atoms with E-state index in [1.165, 1.54) is 11.3 Å². The van der Waals surface area contributed by atoms with Crippen LogP contribution in [0.4, 0.5) is 5.13 Å². The van der Waals surface area contributed by atoms with Gasteiger partial charge in [-0.2, -0.15) is 0 Å². The van der Waals surface area contributed by atoms with Gasteiger partial charge in [-0.25, -0.2) is 0 Å². The lowest BCUT2D eigenvalue weighted by atomic mass is 9.97. The monoisotopic (exact) mass is 538 g/mol. The maximum absolute atomic E-state index is 13.4. The Balaban J connectivity index is 1.37. The topological polar surface area (TPSA) is 105 Å². The molecule has 4 rings (SSSR count). The zero-order chi connectivity index (χ0) is 26.9. The molecule has 9 nitrogen and oxygen atoms in total. The fourth-order valence-electron chi connectivity index (χ4n) is 4.40. The number of rotatable bonds is 12. The summed E-state index contributed by atoms with van der Waals surface area (Å²) in [5.74, 6) is 0.215. The van der Waals surface area contributed by atoms with E-state index in [4.69, 9.17) is 14.6 Å². The molecule has 0 spiro atoms. The predicted molar refractivity (Wildman–Crippen MR) is 147 cm³/mol. The number of para-hydroxylation sites is 1. The number of aromatic nitrogens is 2. The third kappa shape index (κ3) is 6.87. The molecule has 0 unspecified atom stereocenters. The Kier molecular flexibility index (Phi) is 9.67. The minimum absolute atomic E-state index is 0.158. The van der Waals surface area contributed by atoms with Gasteiger partial charge in [0.1, 0.15) is 23.1 Å². The Morgan fingerprint density at radius 3 is 2.53 bits per heavy atom. The number of carboxylic acid groups (broad SMARTS) is 1. The van der Waals surface area contributed by atoms with Crippen molar-refractivity contribution in [2.24, 2.45) is 5.92 Å². The van der Waals surface area contributed by atoms with Crippen LogP contribution in [0.3, 0.4) is 0 Å². The van der Waals surface area contributed by atoms with Gasteiger partial charge < -0.3 is 14.6 Å². The van der Waals surface area contributed by atoms with Crippen LogP contribution in [0.5, 0.6) is 11.5 Å². The Hall–Kier alpha value is -3.50. The number of aliphatic carboxylic acids is 1. The number of amides is 1. The van der Waals surface area contributed by atoms with Crippen LogP contribution < -0.4 is 14.4 Å². The largest absolute Gasteiger partial charge is 0.496 e. The normalized spacial score (nSPS) is 14.3. The van der Waals surface area contributed by atoms with E-state index in [9.17, 15) is 9.59 Å². The molecule has 1 aromatic heterocycles. The minimum atomic E-state index is -0.694. The molecule has 3 aromatic rings. The summed E-state index contributed by atoms with van der Waals surface area (Å²) >= 11 is 1.38. The van der Waals surface area contributed by atoms with Gasteiger partial charge in [0.2, 0.25) is 5.13 Å². The highest BCUT2D eigenvalue weighted by Crippen LogP contribution is 2.32. The molecule has 1 saturated heterocycles. The van der Waals surface area contributed by atoms with Gasteiger partial charge >= 0.3 is 5.97 Å². The molecule has 0 atom stereocenters. The van der Waals surface area contributed by atoms with Crippen molar-refractivity contribution < 1.29 is 24.2 Å². The fraction of sp³-hybridized carbons (Fsp3) is 0.429. The summed E-state index contributed by atoms with van der Waals surface area (Å²) in [6.45, 7) is 5.51. The molecule has 1 N–H and O–H groups in total. The maximum atomic E-state index is 13.4. The first-order valence-corrected chi connectivity index (χ1v) is 13.8. The zero-order valence-electron chi connectivity index (χ0n) is 21.8. The number of ether oxygens (including phenoxy) is 2. The summed E-state index contributed by atoms with van der Waals surface area (Å²) in [7, 11) is 1.56. The van der Waals surface area contributed by atoms with Gasteiger partial charge in [-0.05, 0) is 68.8 Å². The molecule has 1 fully saturated rings. The SMILES string of the molecule is CCCCN(C(=O)c1ccccc1OC)c1nnc(-c2ccc(OCCN3CCC(C(=O)O)CC3)cc2)s1. The summed E-state index contributed by atoms with van der Waals surface area (Å²) in [5, 5.41) is 19.1. The Bertz CT molecular complexity index is 1210. The third-order valence-electron chi connectivity index (χ3n) is 6.68. The summed E-state index contributed by atoms with van der Waals surface area (Å²) in [6.07, 6.45) is 3.17. The standard InChI is InChI=1S/C28H34N4O5S/c1-3-4-15-32(26(33)23-7-5-6-8-24(23)36-2)28-30-29-25(38-28)20-9-11-22(12-10-20)37-19-18-31-16-13-21(14-17-31)27(34)35/h5-12,21H,3-4,13-19H2,1-2H3,(H,34,35). The fourth-order valence-corrected chi connectivity index (χ4v) is 5.27. The number of carbonyl (C=O) groups excluding carboxylic acids is 1. The quantitative estimate of drug-likeness (QED) is 0.349. The number of hydrogen-bond acceptors (Lipinski definition) is 8. The Labute approximate surface area is 227 Å². The molecule has 10 heteroatoms. The van der Waals surface area contributed by atoms with Crippen molar-refractivity contribution in [3.63, 3.8) is 0 Å². The first-order chi connectivity index (χ1) is 18.5. The van der Waals surface area contributed by atoms with E-state index in [0.29, 0.717) is 42.4 Å². The highest BCUT2D eigenvalue weighted by molar-refractivity contribution is 7.18. The molecule has 1 aliphatic heterocycles. The number of methoxy groups -OCH3 is 1. The highest BCUT2D eigenvalue weighted by Gasteiger charge is 2.25. The van der Waals surface area contributed by atoms with Crippen molar-refractivity contribution in [1.82, 2.24) is 15.1 Å². The summed E-state index contributed by atoms with van der Waals surface area (Å²) < 4.78 is 11.3. The van der Waals surface area contributed by atoms with Crippen molar-refractivity contribution in [2.75, 3.05) is 44.8 Å². The van der Waals surface area contributed by atoms with Crippen LogP contribution in [-0.2, 0) is 4.79 Å². The van der Waals surface area contributed by atoms with Gasteiger partial charge in [0, 0.05) is 18.7 Å². The molecule has 38 heavy (non-hydrogen) atoms. The van der Waals surface area contributed by atoms with Crippen molar-refractivity contribution in [3.8, 4) is 22.1 Å². The molecule has 0 bridgehead atoms. The van der Waals surface area contributed by atoms with E-state index in [1.807, 2.05) is 36.4 Å². The first kappa shape index (κ1) is 27.5. The second-order valence-electron chi connectivity index (χ2n) is 9.23. The lowest BCUT2D eigenvalue weighted by Gasteiger charge is -2.29. The van der Waals surface area contributed by atoms with Crippen LogP contribution in [0, 0.1) is 5.92 Å². The molecule has 1 aliphatic rings. The number of benzene rings is 2. The van der Waals surface area contributed by atoms with E-state index in [-0.39, 0.29) is 11.8 Å². The second kappa shape index (κ2) is 13.3. The molecule has 2 heterocycles. The van der Waals surface area contributed by atoms with E-state index >= 15 is 0 Å². The van der Waals surface area contributed by atoms with E-state index in [2.05, 4.69) is 22.0 Å². The van der Waals surface area contributed by atoms with Crippen LogP contribution in [-0.4, -0.2) is 72.0 Å². The molecular weight excluding hydrogens is 504 g/mol. The summed E-state index contributed by atoms with van der Waals surface area (Å²) in [5.41, 5.74) is 1.40. The van der Waals surface area contributed by atoms with E-state index in [0.717, 1.165) is 48.8 Å². The number of unbranched alkanes of at least 4 members (excludes halogenated alkanes) is 1. The minimum Gasteiger partial charge on any atom is -0.496 e. The lowest BCUT2D eigenvalue weighted by molar-refractivity contribution is -0.143.